The van der Waals surface area contributed by atoms with E-state index in [1.165, 1.54) is 0 Å². The Morgan fingerprint density at radius 3 is 2.64 bits per heavy atom. The van der Waals surface area contributed by atoms with Crippen LogP contribution in [-0.2, 0) is 17.4 Å². The summed E-state index contributed by atoms with van der Waals surface area (Å²) >= 11 is 1.01. The highest BCUT2D eigenvalue weighted by atomic mass is 127. The summed E-state index contributed by atoms with van der Waals surface area (Å²) < 4.78 is 37.7. The van der Waals surface area contributed by atoms with E-state index < -0.39 is 11.9 Å². The standard InChI is InChI=1S/C17H26F3N5OS.HI/c1-3-12(25-10-4-5-15(25)26)6-8-22-16(21-2)23-9-7-14-24-13(11-27-14)17(18,19)20;/h11-12H,3-10H2,1-2H3,(H2,21,22,23);1H. The first-order valence-electron chi connectivity index (χ1n) is 9.10. The number of alkyl halides is 3. The Kier molecular flexibility index (Phi) is 10.5. The largest absolute Gasteiger partial charge is 0.434 e. The molecule has 2 N–H and O–H groups in total. The van der Waals surface area contributed by atoms with Crippen molar-refractivity contribution in [2.75, 3.05) is 26.7 Å². The number of rotatable bonds is 8. The molecule has 1 amide bonds. The number of hydrogen-bond acceptors (Lipinski definition) is 4. The third kappa shape index (κ3) is 7.37. The summed E-state index contributed by atoms with van der Waals surface area (Å²) in [5.74, 6) is 0.816. The third-order valence-corrected chi connectivity index (χ3v) is 5.40. The van der Waals surface area contributed by atoms with E-state index in [1.54, 1.807) is 7.05 Å². The Hall–Kier alpha value is -1.11. The van der Waals surface area contributed by atoms with Crippen LogP contribution in [0, 0.1) is 0 Å². The molecular weight excluding hydrogens is 506 g/mol. The molecule has 0 saturated carbocycles. The number of guanidine groups is 1. The van der Waals surface area contributed by atoms with Gasteiger partial charge in [0.1, 0.15) is 0 Å². The van der Waals surface area contributed by atoms with E-state index in [1.807, 2.05) is 4.90 Å². The van der Waals surface area contributed by atoms with Crippen molar-refractivity contribution in [3.63, 3.8) is 0 Å². The van der Waals surface area contributed by atoms with E-state index in [4.69, 9.17) is 0 Å². The Morgan fingerprint density at radius 1 is 1.39 bits per heavy atom. The van der Waals surface area contributed by atoms with Gasteiger partial charge in [0.05, 0.1) is 5.01 Å². The van der Waals surface area contributed by atoms with Crippen LogP contribution in [-0.4, -0.2) is 54.5 Å². The zero-order valence-corrected chi connectivity index (χ0v) is 19.2. The van der Waals surface area contributed by atoms with Crippen LogP contribution in [0.25, 0.3) is 0 Å². The second kappa shape index (κ2) is 11.8. The fourth-order valence-corrected chi connectivity index (χ4v) is 3.86. The molecule has 11 heteroatoms. The molecule has 160 valence electrons. The van der Waals surface area contributed by atoms with Crippen molar-refractivity contribution >= 4 is 47.2 Å². The van der Waals surface area contributed by atoms with Crippen molar-refractivity contribution < 1.29 is 18.0 Å². The summed E-state index contributed by atoms with van der Waals surface area (Å²) in [5, 5.41) is 7.74. The SMILES string of the molecule is CCC(CCNC(=NC)NCCc1nc(C(F)(F)F)cs1)N1CCCC1=O.I. The molecule has 1 aliphatic rings. The molecule has 28 heavy (non-hydrogen) atoms. The van der Waals surface area contributed by atoms with Gasteiger partial charge in [-0.25, -0.2) is 4.98 Å². The van der Waals surface area contributed by atoms with E-state index in [0.29, 0.717) is 36.9 Å². The fourth-order valence-electron chi connectivity index (χ4n) is 3.06. The molecule has 1 saturated heterocycles. The molecule has 2 heterocycles. The van der Waals surface area contributed by atoms with Crippen LogP contribution in [0.3, 0.4) is 0 Å². The summed E-state index contributed by atoms with van der Waals surface area (Å²) in [4.78, 5) is 21.5. The van der Waals surface area contributed by atoms with Gasteiger partial charge in [0.25, 0.3) is 0 Å². The average Bonchev–Trinajstić information content (AvgIpc) is 3.26. The summed E-state index contributed by atoms with van der Waals surface area (Å²) in [6, 6.07) is 0.224. The number of nitrogens with zero attached hydrogens (tertiary/aromatic N) is 3. The van der Waals surface area contributed by atoms with Gasteiger partial charge in [0, 0.05) is 50.9 Å². The van der Waals surface area contributed by atoms with Gasteiger partial charge in [0.2, 0.25) is 5.91 Å². The van der Waals surface area contributed by atoms with Crippen molar-refractivity contribution in [1.29, 1.82) is 0 Å². The molecule has 0 aliphatic carbocycles. The van der Waals surface area contributed by atoms with Gasteiger partial charge in [-0.15, -0.1) is 35.3 Å². The van der Waals surface area contributed by atoms with Crippen LogP contribution in [0.4, 0.5) is 13.2 Å². The summed E-state index contributed by atoms with van der Waals surface area (Å²) in [5.41, 5.74) is -0.841. The normalized spacial score (nSPS) is 16.1. The number of nitrogens with one attached hydrogen (secondary N) is 2. The van der Waals surface area contributed by atoms with E-state index in [2.05, 4.69) is 27.5 Å². The monoisotopic (exact) mass is 533 g/mol. The lowest BCUT2D eigenvalue weighted by Gasteiger charge is -2.27. The molecule has 1 fully saturated rings. The highest BCUT2D eigenvalue weighted by molar-refractivity contribution is 14.0. The van der Waals surface area contributed by atoms with Gasteiger partial charge in [-0.3, -0.25) is 9.79 Å². The maximum atomic E-state index is 12.6. The van der Waals surface area contributed by atoms with E-state index in [-0.39, 0.29) is 35.9 Å². The lowest BCUT2D eigenvalue weighted by Crippen LogP contribution is -2.42. The first-order chi connectivity index (χ1) is 12.8. The molecule has 1 aliphatic heterocycles. The molecular formula is C17H27F3IN5OS. The molecule has 1 aromatic heterocycles. The van der Waals surface area contributed by atoms with Crippen LogP contribution in [0.2, 0.25) is 0 Å². The molecule has 0 aromatic carbocycles. The number of hydrogen-bond donors (Lipinski definition) is 2. The molecule has 0 radical (unpaired) electrons. The predicted molar refractivity (Wildman–Crippen MR) is 115 cm³/mol. The highest BCUT2D eigenvalue weighted by Gasteiger charge is 2.33. The second-order valence-corrected chi connectivity index (χ2v) is 7.28. The Morgan fingerprint density at radius 2 is 2.11 bits per heavy atom. The number of carbonyl (C=O) groups is 1. The highest BCUT2D eigenvalue weighted by Crippen LogP contribution is 2.30. The van der Waals surface area contributed by atoms with Crippen LogP contribution in [0.1, 0.15) is 43.3 Å². The minimum atomic E-state index is -4.40. The van der Waals surface area contributed by atoms with Gasteiger partial charge in [-0.05, 0) is 19.3 Å². The van der Waals surface area contributed by atoms with Crippen LogP contribution >= 0.6 is 35.3 Å². The van der Waals surface area contributed by atoms with Crippen molar-refractivity contribution in [1.82, 2.24) is 20.5 Å². The molecule has 0 spiro atoms. The van der Waals surface area contributed by atoms with E-state index in [0.717, 1.165) is 42.5 Å². The number of thiazole rings is 1. The number of aliphatic imine (C=N–C) groups is 1. The predicted octanol–water partition coefficient (Wildman–Crippen LogP) is 3.28. The quantitative estimate of drug-likeness (QED) is 0.306. The lowest BCUT2D eigenvalue weighted by atomic mass is 10.1. The smallest absolute Gasteiger partial charge is 0.356 e. The second-order valence-electron chi connectivity index (χ2n) is 6.34. The van der Waals surface area contributed by atoms with Crippen LogP contribution in [0.15, 0.2) is 10.4 Å². The van der Waals surface area contributed by atoms with E-state index >= 15 is 0 Å². The molecule has 2 rings (SSSR count). The van der Waals surface area contributed by atoms with Gasteiger partial charge in [-0.2, -0.15) is 13.2 Å². The maximum absolute atomic E-state index is 12.6. The number of amides is 1. The first-order valence-corrected chi connectivity index (χ1v) is 9.98. The minimum absolute atomic E-state index is 0. The topological polar surface area (TPSA) is 69.6 Å². The molecule has 1 atom stereocenters. The summed E-state index contributed by atoms with van der Waals surface area (Å²) in [6.45, 7) is 4.01. The minimum Gasteiger partial charge on any atom is -0.356 e. The van der Waals surface area contributed by atoms with Crippen molar-refractivity contribution in [3.05, 3.63) is 16.1 Å². The molecule has 6 nitrogen and oxygen atoms in total. The van der Waals surface area contributed by atoms with Crippen molar-refractivity contribution in [2.24, 2.45) is 4.99 Å². The van der Waals surface area contributed by atoms with Gasteiger partial charge in [0.15, 0.2) is 11.7 Å². The molecule has 1 unspecified atom stereocenters. The summed E-state index contributed by atoms with van der Waals surface area (Å²) in [7, 11) is 1.64. The fraction of sp³-hybridized carbons (Fsp3) is 0.706. The zero-order chi connectivity index (χ0) is 19.9. The Bertz CT molecular complexity index is 653. The van der Waals surface area contributed by atoms with Crippen LogP contribution in [0.5, 0.6) is 0 Å². The van der Waals surface area contributed by atoms with Crippen LogP contribution < -0.4 is 10.6 Å². The number of aromatic nitrogens is 1. The summed E-state index contributed by atoms with van der Waals surface area (Å²) in [6.07, 6.45) is -0.707. The zero-order valence-electron chi connectivity index (χ0n) is 16.0. The number of halogens is 4. The Balaban J connectivity index is 0.00000392. The first kappa shape index (κ1) is 24.9. The van der Waals surface area contributed by atoms with Crippen molar-refractivity contribution in [3.8, 4) is 0 Å². The van der Waals surface area contributed by atoms with Gasteiger partial charge in [-0.1, -0.05) is 6.92 Å². The Labute approximate surface area is 184 Å². The van der Waals surface area contributed by atoms with Crippen molar-refractivity contribution in [2.45, 2.75) is 51.2 Å². The number of carbonyl (C=O) groups excluding carboxylic acids is 1. The third-order valence-electron chi connectivity index (χ3n) is 4.49. The maximum Gasteiger partial charge on any atom is 0.434 e. The van der Waals surface area contributed by atoms with Gasteiger partial charge >= 0.3 is 6.18 Å². The van der Waals surface area contributed by atoms with Gasteiger partial charge < -0.3 is 15.5 Å². The molecule has 1 aromatic rings. The van der Waals surface area contributed by atoms with E-state index in [9.17, 15) is 18.0 Å². The lowest BCUT2D eigenvalue weighted by molar-refractivity contribution is -0.140. The number of likely N-dealkylation sites (tertiary alicyclic amines) is 1. The molecule has 0 bridgehead atoms. The average molecular weight is 533 g/mol.